The van der Waals surface area contributed by atoms with E-state index in [0.29, 0.717) is 13.1 Å². The van der Waals surface area contributed by atoms with E-state index in [-0.39, 0.29) is 17.3 Å². The lowest BCUT2D eigenvalue weighted by atomic mass is 10.0. The van der Waals surface area contributed by atoms with E-state index >= 15 is 0 Å². The van der Waals surface area contributed by atoms with Crippen LogP contribution < -0.4 is 0 Å². The molecule has 0 saturated carbocycles. The number of halogens is 1. The third-order valence-corrected chi connectivity index (χ3v) is 5.59. The van der Waals surface area contributed by atoms with Gasteiger partial charge in [0, 0.05) is 24.6 Å². The Hall–Kier alpha value is -1.27. The third kappa shape index (κ3) is 3.32. The Balaban J connectivity index is 2.42. The van der Waals surface area contributed by atoms with Gasteiger partial charge in [-0.15, -0.1) is 0 Å². The van der Waals surface area contributed by atoms with Crippen molar-refractivity contribution in [3.8, 4) is 0 Å². The second kappa shape index (κ2) is 6.23. The number of hydrogen-bond donors (Lipinski definition) is 0. The number of piperidine rings is 1. The molecule has 6 heteroatoms. The number of nitrogens with zero attached hydrogens (tertiary/aromatic N) is 1. The van der Waals surface area contributed by atoms with Crippen LogP contribution in [0.3, 0.4) is 0 Å². The molecule has 0 radical (unpaired) electrons. The summed E-state index contributed by atoms with van der Waals surface area (Å²) in [5.74, 6) is -1.26. The van der Waals surface area contributed by atoms with E-state index in [1.165, 1.54) is 16.4 Å². The first-order chi connectivity index (χ1) is 9.84. The summed E-state index contributed by atoms with van der Waals surface area (Å²) in [7, 11) is -3.87. The highest BCUT2D eigenvalue weighted by atomic mass is 32.2. The van der Waals surface area contributed by atoms with Gasteiger partial charge >= 0.3 is 0 Å². The molecule has 0 N–H and O–H groups in total. The number of ketones is 1. The van der Waals surface area contributed by atoms with Crippen LogP contribution in [-0.2, 0) is 10.0 Å². The molecule has 1 saturated heterocycles. The Bertz CT molecular complexity index is 634. The van der Waals surface area contributed by atoms with E-state index in [1.54, 1.807) is 13.8 Å². The van der Waals surface area contributed by atoms with Gasteiger partial charge < -0.3 is 0 Å². The molecule has 1 aliphatic rings. The highest BCUT2D eigenvalue weighted by Gasteiger charge is 2.29. The number of rotatable bonds is 4. The Kier molecular flexibility index (Phi) is 4.78. The molecular weight excluding hydrogens is 293 g/mol. The summed E-state index contributed by atoms with van der Waals surface area (Å²) in [6.45, 7) is 4.27. The maximum Gasteiger partial charge on any atom is 0.246 e. The lowest BCUT2D eigenvalue weighted by Gasteiger charge is -2.26. The van der Waals surface area contributed by atoms with Gasteiger partial charge in [-0.05, 0) is 31.0 Å². The van der Waals surface area contributed by atoms with Crippen LogP contribution in [0.2, 0.25) is 0 Å². The fraction of sp³-hybridized carbons (Fsp3) is 0.533. The van der Waals surface area contributed by atoms with E-state index in [1.807, 2.05) is 0 Å². The van der Waals surface area contributed by atoms with Gasteiger partial charge in [0.25, 0.3) is 0 Å². The van der Waals surface area contributed by atoms with Crippen LogP contribution in [0, 0.1) is 11.7 Å². The molecule has 0 spiro atoms. The Morgan fingerprint density at radius 2 is 1.81 bits per heavy atom. The summed E-state index contributed by atoms with van der Waals surface area (Å²) in [6, 6.07) is 3.57. The SMILES string of the molecule is CC(C)C(=O)c1ccc(F)c(S(=O)(=O)N2CCCCC2)c1. The van der Waals surface area contributed by atoms with Crippen molar-refractivity contribution in [1.29, 1.82) is 0 Å². The average molecular weight is 313 g/mol. The first-order valence-corrected chi connectivity index (χ1v) is 8.62. The van der Waals surface area contributed by atoms with Crippen molar-refractivity contribution in [3.05, 3.63) is 29.6 Å². The zero-order valence-electron chi connectivity index (χ0n) is 12.3. The first-order valence-electron chi connectivity index (χ1n) is 7.18. The molecule has 0 aliphatic carbocycles. The molecular formula is C15H20FNO3S. The van der Waals surface area contributed by atoms with E-state index in [9.17, 15) is 17.6 Å². The zero-order chi connectivity index (χ0) is 15.6. The summed E-state index contributed by atoms with van der Waals surface area (Å²) < 4.78 is 40.3. The molecule has 0 unspecified atom stereocenters. The minimum Gasteiger partial charge on any atom is -0.294 e. The second-order valence-corrected chi connectivity index (χ2v) is 7.54. The monoisotopic (exact) mass is 313 g/mol. The third-order valence-electron chi connectivity index (χ3n) is 3.67. The van der Waals surface area contributed by atoms with E-state index in [0.717, 1.165) is 25.3 Å². The topological polar surface area (TPSA) is 54.5 Å². The largest absolute Gasteiger partial charge is 0.294 e. The lowest BCUT2D eigenvalue weighted by molar-refractivity contribution is 0.0939. The van der Waals surface area contributed by atoms with Crippen LogP contribution in [0.5, 0.6) is 0 Å². The normalized spacial score (nSPS) is 17.1. The number of carbonyl (C=O) groups excluding carboxylic acids is 1. The summed E-state index contributed by atoms with van der Waals surface area (Å²) in [4.78, 5) is 11.6. The van der Waals surface area contributed by atoms with Gasteiger partial charge in [-0.25, -0.2) is 12.8 Å². The fourth-order valence-electron chi connectivity index (χ4n) is 2.43. The predicted molar refractivity (Wildman–Crippen MR) is 78.2 cm³/mol. The Morgan fingerprint density at radius 3 is 2.38 bits per heavy atom. The van der Waals surface area contributed by atoms with Crippen molar-refractivity contribution < 1.29 is 17.6 Å². The maximum atomic E-state index is 14.0. The average Bonchev–Trinajstić information content (AvgIpc) is 2.47. The summed E-state index contributed by atoms with van der Waals surface area (Å²) in [6.07, 6.45) is 2.55. The molecule has 1 aromatic carbocycles. The Labute approximate surface area is 125 Å². The Morgan fingerprint density at radius 1 is 1.19 bits per heavy atom. The minimum atomic E-state index is -3.87. The zero-order valence-corrected chi connectivity index (χ0v) is 13.1. The van der Waals surface area contributed by atoms with Crippen LogP contribution >= 0.6 is 0 Å². The van der Waals surface area contributed by atoms with Crippen molar-refractivity contribution in [2.75, 3.05) is 13.1 Å². The number of carbonyl (C=O) groups is 1. The molecule has 0 amide bonds. The van der Waals surface area contributed by atoms with Crippen LogP contribution in [0.25, 0.3) is 0 Å². The molecule has 1 aromatic rings. The van der Waals surface area contributed by atoms with Gasteiger partial charge in [0.1, 0.15) is 10.7 Å². The van der Waals surface area contributed by atoms with E-state index < -0.39 is 20.7 Å². The van der Waals surface area contributed by atoms with Crippen molar-refractivity contribution in [2.45, 2.75) is 38.0 Å². The van der Waals surface area contributed by atoms with Crippen molar-refractivity contribution in [2.24, 2.45) is 5.92 Å². The lowest BCUT2D eigenvalue weighted by Crippen LogP contribution is -2.36. The van der Waals surface area contributed by atoms with E-state index in [4.69, 9.17) is 0 Å². The van der Waals surface area contributed by atoms with Crippen molar-refractivity contribution in [1.82, 2.24) is 4.31 Å². The summed E-state index contributed by atoms with van der Waals surface area (Å²) in [5, 5.41) is 0. The molecule has 1 fully saturated rings. The van der Waals surface area contributed by atoms with Crippen molar-refractivity contribution >= 4 is 15.8 Å². The van der Waals surface area contributed by atoms with Crippen molar-refractivity contribution in [3.63, 3.8) is 0 Å². The summed E-state index contributed by atoms with van der Waals surface area (Å²) >= 11 is 0. The fourth-order valence-corrected chi connectivity index (χ4v) is 4.04. The molecule has 1 heterocycles. The number of benzene rings is 1. The van der Waals surface area contributed by atoms with E-state index in [2.05, 4.69) is 0 Å². The first kappa shape index (κ1) is 16.1. The molecule has 2 rings (SSSR count). The molecule has 116 valence electrons. The molecule has 21 heavy (non-hydrogen) atoms. The highest BCUT2D eigenvalue weighted by Crippen LogP contribution is 2.24. The summed E-state index contributed by atoms with van der Waals surface area (Å²) in [5.41, 5.74) is 0.238. The standard InChI is InChI=1S/C15H20FNO3S/c1-11(2)15(18)12-6-7-13(16)14(10-12)21(19,20)17-8-4-3-5-9-17/h6-7,10-11H,3-5,8-9H2,1-2H3. The van der Waals surface area contributed by atoms with Gasteiger partial charge in [-0.2, -0.15) is 4.31 Å². The van der Waals surface area contributed by atoms with Gasteiger partial charge in [0.05, 0.1) is 0 Å². The van der Waals surface area contributed by atoms with Gasteiger partial charge in [-0.3, -0.25) is 4.79 Å². The molecule has 0 aromatic heterocycles. The van der Waals surface area contributed by atoms with Gasteiger partial charge in [0.2, 0.25) is 10.0 Å². The second-order valence-electron chi connectivity index (χ2n) is 5.63. The quantitative estimate of drug-likeness (QED) is 0.803. The van der Waals surface area contributed by atoms with Gasteiger partial charge in [0.15, 0.2) is 5.78 Å². The molecule has 1 aliphatic heterocycles. The number of hydrogen-bond acceptors (Lipinski definition) is 3. The number of sulfonamides is 1. The highest BCUT2D eigenvalue weighted by molar-refractivity contribution is 7.89. The predicted octanol–water partition coefficient (Wildman–Crippen LogP) is 2.84. The minimum absolute atomic E-state index is 0.190. The molecule has 4 nitrogen and oxygen atoms in total. The van der Waals surface area contributed by atoms with Crippen LogP contribution in [0.15, 0.2) is 23.1 Å². The molecule has 0 atom stereocenters. The van der Waals surface area contributed by atoms with Crippen LogP contribution in [0.1, 0.15) is 43.5 Å². The van der Waals surface area contributed by atoms with Crippen LogP contribution in [-0.4, -0.2) is 31.6 Å². The smallest absolute Gasteiger partial charge is 0.246 e. The number of Topliss-reactive ketones (excluding diaryl/α,β-unsaturated/α-hetero) is 1. The maximum absolute atomic E-state index is 14.0. The van der Waals surface area contributed by atoms with Crippen LogP contribution in [0.4, 0.5) is 4.39 Å². The van der Waals surface area contributed by atoms with Gasteiger partial charge in [-0.1, -0.05) is 20.3 Å². The molecule has 0 bridgehead atoms.